The van der Waals surface area contributed by atoms with Crippen LogP contribution in [0.4, 0.5) is 5.69 Å². The molecule has 0 aliphatic carbocycles. The third-order valence-corrected chi connectivity index (χ3v) is 5.73. The highest BCUT2D eigenvalue weighted by Crippen LogP contribution is 2.56. The van der Waals surface area contributed by atoms with Crippen molar-refractivity contribution in [2.24, 2.45) is 11.8 Å². The number of hydrogen-bond donors (Lipinski definition) is 1. The number of nitrogens with zero attached hydrogens (tertiary/aromatic N) is 1. The molecule has 0 aromatic heterocycles. The monoisotopic (exact) mass is 389 g/mol. The predicted octanol–water partition coefficient (Wildman–Crippen LogP) is 2.76. The summed E-state index contributed by atoms with van der Waals surface area (Å²) in [6.45, 7) is 3.80. The third kappa shape index (κ3) is 1.90. The van der Waals surface area contributed by atoms with Crippen LogP contribution in [0, 0.1) is 11.8 Å². The van der Waals surface area contributed by atoms with Crippen molar-refractivity contribution < 1.29 is 19.4 Å². The van der Waals surface area contributed by atoms with E-state index in [1.807, 2.05) is 30.3 Å². The number of fused-ring (bicyclic) bond motifs is 1. The number of carboxylic acids is 1. The molecule has 3 heterocycles. The molecular formula is C18H16BrNO4. The Morgan fingerprint density at radius 1 is 1.42 bits per heavy atom. The second kappa shape index (κ2) is 5.29. The SMILES string of the molecule is C=CCC1N(c2ccc(Br)cc2)C(=O)C2C(C(=O)O)C3C=CC21O3. The molecule has 24 heavy (non-hydrogen) atoms. The van der Waals surface area contributed by atoms with E-state index in [-0.39, 0.29) is 11.9 Å². The lowest BCUT2D eigenvalue weighted by Gasteiger charge is -2.32. The van der Waals surface area contributed by atoms with Crippen LogP contribution >= 0.6 is 15.9 Å². The van der Waals surface area contributed by atoms with Crippen molar-refractivity contribution in [3.63, 3.8) is 0 Å². The van der Waals surface area contributed by atoms with E-state index in [1.54, 1.807) is 17.1 Å². The molecule has 3 aliphatic rings. The highest BCUT2D eigenvalue weighted by atomic mass is 79.9. The molecule has 2 fully saturated rings. The smallest absolute Gasteiger partial charge is 0.310 e. The van der Waals surface area contributed by atoms with E-state index in [0.29, 0.717) is 6.42 Å². The van der Waals surface area contributed by atoms with Crippen LogP contribution in [0.5, 0.6) is 0 Å². The van der Waals surface area contributed by atoms with Crippen molar-refractivity contribution in [1.82, 2.24) is 0 Å². The minimum Gasteiger partial charge on any atom is -0.481 e. The molecule has 5 atom stereocenters. The summed E-state index contributed by atoms with van der Waals surface area (Å²) in [5.41, 5.74) is -0.144. The van der Waals surface area contributed by atoms with E-state index in [4.69, 9.17) is 4.74 Å². The molecule has 0 radical (unpaired) electrons. The number of carboxylic acid groups (broad SMARTS) is 1. The van der Waals surface area contributed by atoms with Gasteiger partial charge in [-0.25, -0.2) is 0 Å². The van der Waals surface area contributed by atoms with Crippen LogP contribution in [-0.2, 0) is 14.3 Å². The summed E-state index contributed by atoms with van der Waals surface area (Å²) < 4.78 is 6.97. The van der Waals surface area contributed by atoms with Crippen LogP contribution in [0.15, 0.2) is 53.5 Å². The molecule has 1 aromatic rings. The summed E-state index contributed by atoms with van der Waals surface area (Å²) in [6.07, 6.45) is 5.41. The van der Waals surface area contributed by atoms with Crippen LogP contribution in [0.3, 0.4) is 0 Å². The number of carbonyl (C=O) groups is 2. The van der Waals surface area contributed by atoms with Gasteiger partial charge in [-0.2, -0.15) is 0 Å². The maximum absolute atomic E-state index is 13.2. The number of ether oxygens (including phenoxy) is 1. The first kappa shape index (κ1) is 15.6. The van der Waals surface area contributed by atoms with Gasteiger partial charge in [0.15, 0.2) is 0 Å². The summed E-state index contributed by atoms with van der Waals surface area (Å²) in [5, 5.41) is 9.60. The Morgan fingerprint density at radius 2 is 2.12 bits per heavy atom. The second-order valence-corrected chi connectivity index (χ2v) is 7.28. The summed E-state index contributed by atoms with van der Waals surface area (Å²) in [4.78, 5) is 26.6. The number of rotatable bonds is 4. The maximum atomic E-state index is 13.2. The van der Waals surface area contributed by atoms with E-state index >= 15 is 0 Å². The van der Waals surface area contributed by atoms with E-state index in [9.17, 15) is 14.7 Å². The number of benzene rings is 1. The molecule has 3 aliphatic heterocycles. The maximum Gasteiger partial charge on any atom is 0.310 e. The lowest BCUT2D eigenvalue weighted by atomic mass is 9.74. The molecule has 1 spiro atoms. The van der Waals surface area contributed by atoms with Crippen molar-refractivity contribution in [2.75, 3.05) is 4.90 Å². The van der Waals surface area contributed by atoms with Crippen molar-refractivity contribution in [2.45, 2.75) is 24.2 Å². The van der Waals surface area contributed by atoms with Gasteiger partial charge in [0.05, 0.1) is 18.1 Å². The van der Waals surface area contributed by atoms with E-state index in [0.717, 1.165) is 10.2 Å². The Balaban J connectivity index is 1.83. The number of amides is 1. The number of carbonyl (C=O) groups excluding carboxylic acids is 1. The second-order valence-electron chi connectivity index (χ2n) is 6.36. The van der Waals surface area contributed by atoms with E-state index in [2.05, 4.69) is 22.5 Å². The molecule has 5 nitrogen and oxygen atoms in total. The van der Waals surface area contributed by atoms with Crippen LogP contribution in [0.2, 0.25) is 0 Å². The quantitative estimate of drug-likeness (QED) is 0.803. The zero-order chi connectivity index (χ0) is 17.1. The number of hydrogen-bond acceptors (Lipinski definition) is 3. The van der Waals surface area contributed by atoms with E-state index in [1.165, 1.54) is 0 Å². The van der Waals surface area contributed by atoms with E-state index < -0.39 is 29.5 Å². The van der Waals surface area contributed by atoms with Gasteiger partial charge in [-0.1, -0.05) is 34.2 Å². The Kier molecular flexibility index (Phi) is 3.44. The Bertz CT molecular complexity index is 759. The van der Waals surface area contributed by atoms with Gasteiger partial charge < -0.3 is 14.7 Å². The minimum absolute atomic E-state index is 0.191. The molecular weight excluding hydrogens is 374 g/mol. The molecule has 2 bridgehead atoms. The summed E-state index contributed by atoms with van der Waals surface area (Å²) >= 11 is 3.39. The highest BCUT2D eigenvalue weighted by molar-refractivity contribution is 9.10. The van der Waals surface area contributed by atoms with Gasteiger partial charge in [0, 0.05) is 10.2 Å². The lowest BCUT2D eigenvalue weighted by molar-refractivity contribution is -0.146. The fourth-order valence-corrected chi connectivity index (χ4v) is 4.55. The normalized spacial score (nSPS) is 36.2. The summed E-state index contributed by atoms with van der Waals surface area (Å²) in [7, 11) is 0. The molecule has 1 aromatic carbocycles. The topological polar surface area (TPSA) is 66.8 Å². The Labute approximate surface area is 147 Å². The van der Waals surface area contributed by atoms with Crippen LogP contribution in [0.1, 0.15) is 6.42 Å². The van der Waals surface area contributed by atoms with Gasteiger partial charge >= 0.3 is 5.97 Å². The molecule has 1 amide bonds. The molecule has 1 N–H and O–H groups in total. The van der Waals surface area contributed by atoms with Crippen molar-refractivity contribution in [3.8, 4) is 0 Å². The first-order valence-electron chi connectivity index (χ1n) is 7.79. The van der Waals surface area contributed by atoms with Gasteiger partial charge in [0.1, 0.15) is 11.5 Å². The molecule has 0 saturated carbocycles. The number of aliphatic carboxylic acids is 1. The van der Waals surface area contributed by atoms with Crippen molar-refractivity contribution >= 4 is 33.5 Å². The predicted molar refractivity (Wildman–Crippen MR) is 91.6 cm³/mol. The average Bonchev–Trinajstić information content (AvgIpc) is 3.18. The van der Waals surface area contributed by atoms with Gasteiger partial charge in [-0.15, -0.1) is 6.58 Å². The zero-order valence-corrected chi connectivity index (χ0v) is 14.3. The van der Waals surface area contributed by atoms with Crippen LogP contribution in [0.25, 0.3) is 0 Å². The van der Waals surface area contributed by atoms with Crippen LogP contribution < -0.4 is 4.90 Å². The van der Waals surface area contributed by atoms with Crippen molar-refractivity contribution in [1.29, 1.82) is 0 Å². The lowest BCUT2D eigenvalue weighted by Crippen LogP contribution is -2.45. The summed E-state index contributed by atoms with van der Waals surface area (Å²) in [6, 6.07) is 7.13. The standard InChI is InChI=1S/C18H16BrNO4/c1-2-3-13-18-9-8-12(24-18)14(17(22)23)15(18)16(21)20(13)11-6-4-10(19)5-7-11/h2,4-9,12-15H,1,3H2,(H,22,23). The molecule has 4 rings (SSSR count). The van der Waals surface area contributed by atoms with Crippen molar-refractivity contribution in [3.05, 3.63) is 53.5 Å². The summed E-state index contributed by atoms with van der Waals surface area (Å²) in [5.74, 6) is -2.71. The number of halogens is 1. The third-order valence-electron chi connectivity index (χ3n) is 5.20. The minimum atomic E-state index is -0.986. The molecule has 2 saturated heterocycles. The van der Waals surface area contributed by atoms with Gasteiger partial charge in [-0.3, -0.25) is 9.59 Å². The van der Waals surface area contributed by atoms with Gasteiger partial charge in [0.2, 0.25) is 5.91 Å². The molecule has 6 heteroatoms. The highest BCUT2D eigenvalue weighted by Gasteiger charge is 2.71. The molecule has 124 valence electrons. The Morgan fingerprint density at radius 3 is 2.75 bits per heavy atom. The fourth-order valence-electron chi connectivity index (χ4n) is 4.29. The first-order valence-corrected chi connectivity index (χ1v) is 8.58. The first-order chi connectivity index (χ1) is 11.5. The Hall–Kier alpha value is -1.92. The largest absolute Gasteiger partial charge is 0.481 e. The zero-order valence-electron chi connectivity index (χ0n) is 12.8. The number of anilines is 1. The fraction of sp³-hybridized carbons (Fsp3) is 0.333. The van der Waals surface area contributed by atoms with Crippen LogP contribution in [-0.4, -0.2) is 34.7 Å². The van der Waals surface area contributed by atoms with Gasteiger partial charge in [-0.05, 0) is 30.7 Å². The molecule has 5 unspecified atom stereocenters. The average molecular weight is 390 g/mol. The van der Waals surface area contributed by atoms with Gasteiger partial charge in [0.25, 0.3) is 0 Å².